The second kappa shape index (κ2) is 9.58. The van der Waals surface area contributed by atoms with Gasteiger partial charge in [0.15, 0.2) is 0 Å². The predicted octanol–water partition coefficient (Wildman–Crippen LogP) is 1.80. The summed E-state index contributed by atoms with van der Waals surface area (Å²) in [5.41, 5.74) is 0.0154. The molecule has 1 aliphatic heterocycles. The predicted molar refractivity (Wildman–Crippen MR) is 96.5 cm³/mol. The first kappa shape index (κ1) is 21.2. The van der Waals surface area contributed by atoms with Gasteiger partial charge in [0.1, 0.15) is 12.4 Å². The second-order valence-electron chi connectivity index (χ2n) is 6.20. The Bertz CT molecular complexity index is 587. The van der Waals surface area contributed by atoms with Crippen molar-refractivity contribution < 1.29 is 17.9 Å². The Hall–Kier alpha value is -0.860. The number of hydrogen-bond donors (Lipinski definition) is 2. The molecule has 0 amide bonds. The van der Waals surface area contributed by atoms with Crippen LogP contribution in [-0.4, -0.2) is 48.4 Å². The van der Waals surface area contributed by atoms with E-state index in [1.165, 1.54) is 0 Å². The highest BCUT2D eigenvalue weighted by atomic mass is 35.5. The van der Waals surface area contributed by atoms with E-state index in [1.807, 2.05) is 0 Å². The van der Waals surface area contributed by atoms with Crippen molar-refractivity contribution in [2.45, 2.75) is 24.7 Å². The third kappa shape index (κ3) is 6.22. The van der Waals surface area contributed by atoms with Crippen molar-refractivity contribution in [1.82, 2.24) is 10.0 Å². The molecule has 0 spiro atoms. The Kier molecular flexibility index (Phi) is 8.45. The number of hydrogen-bond acceptors (Lipinski definition) is 5. The average Bonchev–Trinajstić information content (AvgIpc) is 2.55. The molecule has 0 aromatic heterocycles. The van der Waals surface area contributed by atoms with Gasteiger partial charge in [-0.1, -0.05) is 6.92 Å². The zero-order valence-electron chi connectivity index (χ0n) is 14.2. The largest absolute Gasteiger partial charge is 0.491 e. The number of sulfonamides is 1. The molecule has 1 heterocycles. The molecule has 24 heavy (non-hydrogen) atoms. The lowest BCUT2D eigenvalue weighted by Crippen LogP contribution is -2.42. The van der Waals surface area contributed by atoms with Gasteiger partial charge in [0.05, 0.1) is 11.5 Å². The zero-order valence-corrected chi connectivity index (χ0v) is 15.8. The maximum Gasteiger partial charge on any atom is 0.240 e. The molecule has 0 atom stereocenters. The minimum Gasteiger partial charge on any atom is -0.491 e. The maximum atomic E-state index is 12.4. The van der Waals surface area contributed by atoms with E-state index in [-0.39, 0.29) is 22.7 Å². The van der Waals surface area contributed by atoms with Crippen molar-refractivity contribution >= 4 is 22.4 Å². The Balaban J connectivity index is 0.00000288. The molecule has 1 aromatic carbocycles. The van der Waals surface area contributed by atoms with E-state index < -0.39 is 10.0 Å². The molecular formula is C16H27ClN2O4S. The summed E-state index contributed by atoms with van der Waals surface area (Å²) in [6.07, 6.45) is 1.95. The molecule has 1 aliphatic rings. The topological polar surface area (TPSA) is 76.7 Å². The standard InChI is InChI=1S/C16H26N2O4S.ClH/c1-16(7-9-17-10-8-16)13-18-23(19,20)15-5-3-14(4-6-15)22-12-11-21-2;/h3-6,17-18H,7-13H2,1-2H3;1H. The molecule has 1 fully saturated rings. The number of piperidine rings is 1. The number of nitrogens with one attached hydrogen (secondary N) is 2. The molecular weight excluding hydrogens is 352 g/mol. The molecule has 2 N–H and O–H groups in total. The fourth-order valence-corrected chi connectivity index (χ4v) is 3.72. The summed E-state index contributed by atoms with van der Waals surface area (Å²) in [5.74, 6) is 0.631. The Morgan fingerprint density at radius 3 is 2.38 bits per heavy atom. The van der Waals surface area contributed by atoms with Crippen LogP contribution in [0.1, 0.15) is 19.8 Å². The normalized spacial score (nSPS) is 17.1. The van der Waals surface area contributed by atoms with Crippen LogP contribution in [0.4, 0.5) is 0 Å². The first-order chi connectivity index (χ1) is 11.0. The summed E-state index contributed by atoms with van der Waals surface area (Å²) >= 11 is 0. The number of halogens is 1. The lowest BCUT2D eigenvalue weighted by atomic mass is 9.81. The summed E-state index contributed by atoms with van der Waals surface area (Å²) < 4.78 is 37.9. The Morgan fingerprint density at radius 1 is 1.17 bits per heavy atom. The van der Waals surface area contributed by atoms with Crippen LogP contribution in [0.3, 0.4) is 0 Å². The van der Waals surface area contributed by atoms with Crippen molar-refractivity contribution in [1.29, 1.82) is 0 Å². The van der Waals surface area contributed by atoms with Gasteiger partial charge in [-0.2, -0.15) is 0 Å². The van der Waals surface area contributed by atoms with Gasteiger partial charge in [0, 0.05) is 13.7 Å². The molecule has 2 rings (SSSR count). The zero-order chi connectivity index (χ0) is 16.8. The van der Waals surface area contributed by atoms with Crippen LogP contribution in [0.2, 0.25) is 0 Å². The fourth-order valence-electron chi connectivity index (χ4n) is 2.52. The van der Waals surface area contributed by atoms with Crippen molar-refractivity contribution in [2.24, 2.45) is 5.41 Å². The molecule has 0 unspecified atom stereocenters. The fraction of sp³-hybridized carbons (Fsp3) is 0.625. The van der Waals surface area contributed by atoms with Crippen LogP contribution in [-0.2, 0) is 14.8 Å². The number of rotatable bonds is 8. The molecule has 0 aliphatic carbocycles. The SMILES string of the molecule is COCCOc1ccc(S(=O)(=O)NCC2(C)CCNCC2)cc1.Cl. The molecule has 6 nitrogen and oxygen atoms in total. The lowest BCUT2D eigenvalue weighted by Gasteiger charge is -2.34. The maximum absolute atomic E-state index is 12.4. The van der Waals surface area contributed by atoms with Crippen LogP contribution in [0.15, 0.2) is 29.2 Å². The first-order valence-corrected chi connectivity index (χ1v) is 9.36. The van der Waals surface area contributed by atoms with Gasteiger partial charge >= 0.3 is 0 Å². The van der Waals surface area contributed by atoms with Crippen LogP contribution in [0.5, 0.6) is 5.75 Å². The van der Waals surface area contributed by atoms with Crippen molar-refractivity contribution in [3.63, 3.8) is 0 Å². The van der Waals surface area contributed by atoms with Gasteiger partial charge < -0.3 is 14.8 Å². The highest BCUT2D eigenvalue weighted by Gasteiger charge is 2.28. The highest BCUT2D eigenvalue weighted by molar-refractivity contribution is 7.89. The summed E-state index contributed by atoms with van der Waals surface area (Å²) in [7, 11) is -1.89. The van der Waals surface area contributed by atoms with Crippen molar-refractivity contribution in [3.05, 3.63) is 24.3 Å². The summed E-state index contributed by atoms with van der Waals surface area (Å²) in [6.45, 7) is 5.39. The van der Waals surface area contributed by atoms with E-state index in [0.29, 0.717) is 25.5 Å². The minimum atomic E-state index is -3.49. The van der Waals surface area contributed by atoms with E-state index in [1.54, 1.807) is 31.4 Å². The van der Waals surface area contributed by atoms with Gasteiger partial charge in [0.2, 0.25) is 10.0 Å². The molecule has 1 saturated heterocycles. The number of methoxy groups -OCH3 is 1. The van der Waals surface area contributed by atoms with Crippen LogP contribution in [0, 0.1) is 5.41 Å². The molecule has 138 valence electrons. The van der Waals surface area contributed by atoms with Crippen LogP contribution >= 0.6 is 12.4 Å². The monoisotopic (exact) mass is 378 g/mol. The Labute approximate surface area is 150 Å². The summed E-state index contributed by atoms with van der Waals surface area (Å²) in [6, 6.07) is 6.46. The smallest absolute Gasteiger partial charge is 0.240 e. The molecule has 0 bridgehead atoms. The van der Waals surface area contributed by atoms with Crippen molar-refractivity contribution in [2.75, 3.05) is 40.0 Å². The van der Waals surface area contributed by atoms with Gasteiger partial charge in [-0.25, -0.2) is 13.1 Å². The molecule has 8 heteroatoms. The van der Waals surface area contributed by atoms with E-state index in [4.69, 9.17) is 9.47 Å². The third-order valence-corrected chi connectivity index (χ3v) is 5.61. The van der Waals surface area contributed by atoms with E-state index >= 15 is 0 Å². The molecule has 0 radical (unpaired) electrons. The molecule has 1 aromatic rings. The molecule has 0 saturated carbocycles. The second-order valence-corrected chi connectivity index (χ2v) is 7.96. The first-order valence-electron chi connectivity index (χ1n) is 7.87. The van der Waals surface area contributed by atoms with Crippen LogP contribution < -0.4 is 14.8 Å². The van der Waals surface area contributed by atoms with Crippen molar-refractivity contribution in [3.8, 4) is 5.75 Å². The quantitative estimate of drug-likeness (QED) is 0.674. The van der Waals surface area contributed by atoms with E-state index in [9.17, 15) is 8.42 Å². The lowest BCUT2D eigenvalue weighted by molar-refractivity contribution is 0.146. The van der Waals surface area contributed by atoms with E-state index in [2.05, 4.69) is 17.0 Å². The van der Waals surface area contributed by atoms with Gasteiger partial charge in [-0.05, 0) is 55.6 Å². The third-order valence-electron chi connectivity index (χ3n) is 4.19. The van der Waals surface area contributed by atoms with Gasteiger partial charge in [0.25, 0.3) is 0 Å². The Morgan fingerprint density at radius 2 is 1.79 bits per heavy atom. The van der Waals surface area contributed by atoms with Crippen LogP contribution in [0.25, 0.3) is 0 Å². The average molecular weight is 379 g/mol. The highest BCUT2D eigenvalue weighted by Crippen LogP contribution is 2.27. The van der Waals surface area contributed by atoms with Gasteiger partial charge in [-0.3, -0.25) is 0 Å². The van der Waals surface area contributed by atoms with E-state index in [0.717, 1.165) is 25.9 Å². The summed E-state index contributed by atoms with van der Waals surface area (Å²) in [5, 5.41) is 3.30. The number of benzene rings is 1. The van der Waals surface area contributed by atoms with Gasteiger partial charge in [-0.15, -0.1) is 12.4 Å². The minimum absolute atomic E-state index is 0. The summed E-state index contributed by atoms with van der Waals surface area (Å²) in [4.78, 5) is 0.258. The number of ether oxygens (including phenoxy) is 2.